The smallest absolute Gasteiger partial charge is 0.117 e. The Hall–Kier alpha value is -1.49. The van der Waals surface area contributed by atoms with Crippen molar-refractivity contribution in [2.24, 2.45) is 5.92 Å². The highest BCUT2D eigenvalue weighted by Gasteiger charge is 2.23. The number of nitrogens with one attached hydrogen (secondary N) is 1. The largest absolute Gasteiger partial charge is 0.370 e. The summed E-state index contributed by atoms with van der Waals surface area (Å²) in [6, 6.07) is 10.7. The van der Waals surface area contributed by atoms with E-state index < -0.39 is 0 Å². The number of rotatable bonds is 3. The van der Waals surface area contributed by atoms with Gasteiger partial charge in [0.25, 0.3) is 0 Å². The van der Waals surface area contributed by atoms with Crippen LogP contribution in [0.1, 0.15) is 37.7 Å². The molecule has 90 valence electrons. The monoisotopic (exact) mass is 228 g/mol. The number of nitriles is 1. The van der Waals surface area contributed by atoms with Crippen molar-refractivity contribution in [3.05, 3.63) is 29.8 Å². The van der Waals surface area contributed by atoms with Gasteiger partial charge in [0.05, 0.1) is 6.07 Å². The second-order valence-corrected chi connectivity index (χ2v) is 5.02. The van der Waals surface area contributed by atoms with E-state index >= 15 is 0 Å². The Morgan fingerprint density at radius 1 is 1.29 bits per heavy atom. The van der Waals surface area contributed by atoms with Crippen molar-refractivity contribution in [2.75, 3.05) is 5.32 Å². The van der Waals surface area contributed by atoms with Gasteiger partial charge in [0.15, 0.2) is 0 Å². The summed E-state index contributed by atoms with van der Waals surface area (Å²) in [5.41, 5.74) is 2.30. The van der Waals surface area contributed by atoms with Gasteiger partial charge in [-0.3, -0.25) is 0 Å². The molecule has 0 aliphatic heterocycles. The molecular weight excluding hydrogens is 208 g/mol. The summed E-state index contributed by atoms with van der Waals surface area (Å²) in [4.78, 5) is 0. The molecule has 1 aromatic carbocycles. The van der Waals surface area contributed by atoms with E-state index in [0.717, 1.165) is 5.69 Å². The summed E-state index contributed by atoms with van der Waals surface area (Å²) < 4.78 is 0. The van der Waals surface area contributed by atoms with Crippen molar-refractivity contribution in [1.82, 2.24) is 0 Å². The molecular formula is C15H20N2. The quantitative estimate of drug-likeness (QED) is 0.852. The molecule has 1 aliphatic carbocycles. The molecule has 2 heteroatoms. The van der Waals surface area contributed by atoms with Gasteiger partial charge in [-0.05, 0) is 43.4 Å². The van der Waals surface area contributed by atoms with Crippen LogP contribution in [0.3, 0.4) is 0 Å². The van der Waals surface area contributed by atoms with Crippen LogP contribution in [-0.2, 0) is 0 Å². The minimum absolute atomic E-state index is 0.0305. The van der Waals surface area contributed by atoms with Gasteiger partial charge < -0.3 is 5.32 Å². The first-order chi connectivity index (χ1) is 8.29. The van der Waals surface area contributed by atoms with Gasteiger partial charge in [-0.15, -0.1) is 0 Å². The zero-order valence-electron chi connectivity index (χ0n) is 10.4. The van der Waals surface area contributed by atoms with Crippen LogP contribution < -0.4 is 5.32 Å². The van der Waals surface area contributed by atoms with Crippen molar-refractivity contribution in [3.63, 3.8) is 0 Å². The predicted molar refractivity (Wildman–Crippen MR) is 70.8 cm³/mol. The number of nitrogens with zero attached hydrogens (tertiary/aromatic N) is 1. The molecule has 0 heterocycles. The van der Waals surface area contributed by atoms with Gasteiger partial charge in [0, 0.05) is 5.69 Å². The Morgan fingerprint density at radius 3 is 2.71 bits per heavy atom. The summed E-state index contributed by atoms with van der Waals surface area (Å²) in [5.74, 6) is 0.522. The molecule has 0 saturated heterocycles. The SMILES string of the molecule is Cc1cccc(NC(C#N)C2CCCCC2)c1. The van der Waals surface area contributed by atoms with Crippen molar-refractivity contribution >= 4 is 5.69 Å². The Bertz CT molecular complexity index is 400. The first kappa shape index (κ1) is 12.0. The van der Waals surface area contributed by atoms with Gasteiger partial charge in [0.2, 0.25) is 0 Å². The summed E-state index contributed by atoms with van der Waals surface area (Å²) in [5, 5.41) is 12.7. The minimum atomic E-state index is -0.0305. The Balaban J connectivity index is 2.02. The van der Waals surface area contributed by atoms with Crippen LogP contribution in [0, 0.1) is 24.2 Å². The Labute approximate surface area is 104 Å². The first-order valence-electron chi connectivity index (χ1n) is 6.52. The second kappa shape index (κ2) is 5.72. The zero-order valence-corrected chi connectivity index (χ0v) is 10.4. The van der Waals surface area contributed by atoms with Crippen molar-refractivity contribution < 1.29 is 0 Å². The van der Waals surface area contributed by atoms with Crippen LogP contribution in [-0.4, -0.2) is 6.04 Å². The van der Waals surface area contributed by atoms with E-state index in [4.69, 9.17) is 0 Å². The lowest BCUT2D eigenvalue weighted by Gasteiger charge is -2.27. The zero-order chi connectivity index (χ0) is 12.1. The van der Waals surface area contributed by atoms with E-state index in [0.29, 0.717) is 5.92 Å². The van der Waals surface area contributed by atoms with Gasteiger partial charge in [-0.25, -0.2) is 0 Å². The lowest BCUT2D eigenvalue weighted by Crippen LogP contribution is -2.29. The lowest BCUT2D eigenvalue weighted by molar-refractivity contribution is 0.346. The predicted octanol–water partition coefficient (Wildman–Crippen LogP) is 3.88. The third-order valence-electron chi connectivity index (χ3n) is 3.60. The van der Waals surface area contributed by atoms with Crippen LogP contribution in [0.15, 0.2) is 24.3 Å². The molecule has 0 amide bonds. The van der Waals surface area contributed by atoms with Crippen LogP contribution >= 0.6 is 0 Å². The Kier molecular flexibility index (Phi) is 4.03. The lowest BCUT2D eigenvalue weighted by atomic mass is 9.84. The molecule has 1 N–H and O–H groups in total. The highest BCUT2D eigenvalue weighted by Crippen LogP contribution is 2.28. The summed E-state index contributed by atoms with van der Waals surface area (Å²) in [6.45, 7) is 2.08. The van der Waals surface area contributed by atoms with Crippen LogP contribution in [0.25, 0.3) is 0 Å². The molecule has 1 unspecified atom stereocenters. The average molecular weight is 228 g/mol. The minimum Gasteiger partial charge on any atom is -0.370 e. The van der Waals surface area contributed by atoms with E-state index in [1.807, 2.05) is 12.1 Å². The molecule has 2 nitrogen and oxygen atoms in total. The second-order valence-electron chi connectivity index (χ2n) is 5.02. The van der Waals surface area contributed by atoms with Gasteiger partial charge in [-0.1, -0.05) is 31.4 Å². The summed E-state index contributed by atoms with van der Waals surface area (Å²) >= 11 is 0. The van der Waals surface area contributed by atoms with Crippen molar-refractivity contribution in [2.45, 2.75) is 45.1 Å². The number of aryl methyl sites for hydroxylation is 1. The van der Waals surface area contributed by atoms with Gasteiger partial charge in [-0.2, -0.15) is 5.26 Å². The number of hydrogen-bond acceptors (Lipinski definition) is 2. The fourth-order valence-corrected chi connectivity index (χ4v) is 2.64. The maximum absolute atomic E-state index is 9.30. The van der Waals surface area contributed by atoms with E-state index in [2.05, 4.69) is 30.4 Å². The summed E-state index contributed by atoms with van der Waals surface area (Å²) in [6.07, 6.45) is 6.27. The molecule has 0 aromatic heterocycles. The van der Waals surface area contributed by atoms with Gasteiger partial charge >= 0.3 is 0 Å². The molecule has 0 bridgehead atoms. The van der Waals surface area contributed by atoms with E-state index in [9.17, 15) is 5.26 Å². The third-order valence-corrected chi connectivity index (χ3v) is 3.60. The van der Waals surface area contributed by atoms with E-state index in [1.54, 1.807) is 0 Å². The van der Waals surface area contributed by atoms with Crippen LogP contribution in [0.2, 0.25) is 0 Å². The Morgan fingerprint density at radius 2 is 2.06 bits per heavy atom. The molecule has 1 aromatic rings. The molecule has 1 fully saturated rings. The molecule has 17 heavy (non-hydrogen) atoms. The molecule has 0 spiro atoms. The molecule has 1 aliphatic rings. The number of hydrogen-bond donors (Lipinski definition) is 1. The maximum Gasteiger partial charge on any atom is 0.117 e. The number of anilines is 1. The first-order valence-corrected chi connectivity index (χ1v) is 6.52. The summed E-state index contributed by atoms with van der Waals surface area (Å²) in [7, 11) is 0. The van der Waals surface area contributed by atoms with Crippen molar-refractivity contribution in [1.29, 1.82) is 5.26 Å². The third kappa shape index (κ3) is 3.23. The highest BCUT2D eigenvalue weighted by atomic mass is 14.9. The standard InChI is InChI=1S/C15H20N2/c1-12-6-5-9-14(10-12)17-15(11-16)13-7-3-2-4-8-13/h5-6,9-10,13,15,17H,2-4,7-8H2,1H3. The average Bonchev–Trinajstić information content (AvgIpc) is 2.37. The molecule has 0 radical (unpaired) electrons. The van der Waals surface area contributed by atoms with E-state index in [1.165, 1.54) is 37.7 Å². The van der Waals surface area contributed by atoms with E-state index in [-0.39, 0.29) is 6.04 Å². The topological polar surface area (TPSA) is 35.8 Å². The molecule has 1 saturated carbocycles. The van der Waals surface area contributed by atoms with Crippen LogP contribution in [0.5, 0.6) is 0 Å². The van der Waals surface area contributed by atoms with Gasteiger partial charge in [0.1, 0.15) is 6.04 Å². The normalized spacial score (nSPS) is 18.4. The fourth-order valence-electron chi connectivity index (χ4n) is 2.64. The molecule has 2 rings (SSSR count). The van der Waals surface area contributed by atoms with Crippen molar-refractivity contribution in [3.8, 4) is 6.07 Å². The number of benzene rings is 1. The maximum atomic E-state index is 9.30. The molecule has 1 atom stereocenters. The highest BCUT2D eigenvalue weighted by molar-refractivity contribution is 5.47. The fraction of sp³-hybridized carbons (Fsp3) is 0.533. The van der Waals surface area contributed by atoms with Crippen LogP contribution in [0.4, 0.5) is 5.69 Å².